The topological polar surface area (TPSA) is 83.0 Å². The van der Waals surface area contributed by atoms with Crippen LogP contribution in [0.25, 0.3) is 0 Å². The average molecular weight is 346 g/mol. The van der Waals surface area contributed by atoms with Crippen LogP contribution in [0.1, 0.15) is 11.6 Å². The molecule has 0 bridgehead atoms. The van der Waals surface area contributed by atoms with E-state index in [0.717, 1.165) is 0 Å². The molecule has 1 aliphatic rings. The predicted molar refractivity (Wildman–Crippen MR) is 93.7 cm³/mol. The lowest BCUT2D eigenvalue weighted by atomic mass is 9.98. The Bertz CT molecular complexity index is 753. The number of benzene rings is 2. The molecule has 4 N–H and O–H groups in total. The molecule has 24 heavy (non-hydrogen) atoms. The van der Waals surface area contributed by atoms with Crippen LogP contribution in [0.15, 0.2) is 42.5 Å². The molecule has 7 heteroatoms. The third-order valence-corrected chi connectivity index (χ3v) is 4.08. The molecule has 0 aliphatic carbocycles. The summed E-state index contributed by atoms with van der Waals surface area (Å²) in [7, 11) is 1.58. The van der Waals surface area contributed by atoms with Crippen LogP contribution in [0, 0.1) is 0 Å². The number of hydrogen-bond acceptors (Lipinski definition) is 5. The summed E-state index contributed by atoms with van der Waals surface area (Å²) >= 11 is 5.18. The molecule has 1 aliphatic heterocycles. The summed E-state index contributed by atoms with van der Waals surface area (Å²) in [6, 6.07) is 11.4. The van der Waals surface area contributed by atoms with Crippen LogP contribution < -0.4 is 20.1 Å². The lowest BCUT2D eigenvalue weighted by Gasteiger charge is -2.35. The van der Waals surface area contributed by atoms with Crippen molar-refractivity contribution in [2.24, 2.45) is 0 Å². The fraction of sp³-hybridized carbons (Fsp3) is 0.235. The van der Waals surface area contributed by atoms with Gasteiger partial charge in [0, 0.05) is 11.6 Å². The first-order valence-electron chi connectivity index (χ1n) is 7.44. The van der Waals surface area contributed by atoms with Crippen molar-refractivity contribution in [2.75, 3.05) is 13.7 Å². The molecule has 1 saturated heterocycles. The SMILES string of the molecule is COc1ccccc1OC1CNC(=S)NC1c1ccc(O)cc1O. The first-order valence-corrected chi connectivity index (χ1v) is 7.85. The van der Waals surface area contributed by atoms with Crippen LogP contribution in [0.4, 0.5) is 0 Å². The molecule has 2 unspecified atom stereocenters. The fourth-order valence-electron chi connectivity index (χ4n) is 2.66. The number of thiocarbonyl (C=S) groups is 1. The maximum absolute atomic E-state index is 10.2. The molecule has 0 aromatic heterocycles. The molecular formula is C17H18N2O4S. The van der Waals surface area contributed by atoms with E-state index >= 15 is 0 Å². The predicted octanol–water partition coefficient (Wildman–Crippen LogP) is 2.07. The summed E-state index contributed by atoms with van der Waals surface area (Å²) in [6.45, 7) is 0.467. The van der Waals surface area contributed by atoms with Crippen LogP contribution in [0.5, 0.6) is 23.0 Å². The third-order valence-electron chi connectivity index (χ3n) is 3.82. The maximum Gasteiger partial charge on any atom is 0.167 e. The molecule has 3 rings (SSSR count). The van der Waals surface area contributed by atoms with E-state index in [1.54, 1.807) is 13.2 Å². The van der Waals surface area contributed by atoms with Gasteiger partial charge in [-0.05, 0) is 36.5 Å². The summed E-state index contributed by atoms with van der Waals surface area (Å²) in [6.07, 6.45) is -0.344. The average Bonchev–Trinajstić information content (AvgIpc) is 2.57. The monoisotopic (exact) mass is 346 g/mol. The highest BCUT2D eigenvalue weighted by Crippen LogP contribution is 2.34. The molecule has 0 spiro atoms. The number of aromatic hydroxyl groups is 2. The minimum Gasteiger partial charge on any atom is -0.508 e. The third kappa shape index (κ3) is 3.30. The van der Waals surface area contributed by atoms with Crippen LogP contribution in [0.3, 0.4) is 0 Å². The Kier molecular flexibility index (Phi) is 4.61. The van der Waals surface area contributed by atoms with Gasteiger partial charge in [0.25, 0.3) is 0 Å². The highest BCUT2D eigenvalue weighted by atomic mass is 32.1. The van der Waals surface area contributed by atoms with Crippen molar-refractivity contribution in [3.05, 3.63) is 48.0 Å². The van der Waals surface area contributed by atoms with Crippen molar-refractivity contribution in [3.8, 4) is 23.0 Å². The van der Waals surface area contributed by atoms with Gasteiger partial charge in [-0.15, -0.1) is 0 Å². The van der Waals surface area contributed by atoms with E-state index in [0.29, 0.717) is 28.7 Å². The highest BCUT2D eigenvalue weighted by molar-refractivity contribution is 7.80. The van der Waals surface area contributed by atoms with E-state index in [4.69, 9.17) is 21.7 Å². The second-order valence-electron chi connectivity index (χ2n) is 5.38. The molecule has 0 saturated carbocycles. The van der Waals surface area contributed by atoms with Gasteiger partial charge in [0.2, 0.25) is 0 Å². The van der Waals surface area contributed by atoms with E-state index in [9.17, 15) is 10.2 Å². The molecule has 2 aromatic rings. The molecule has 1 fully saturated rings. The van der Waals surface area contributed by atoms with Crippen molar-refractivity contribution in [2.45, 2.75) is 12.1 Å². The maximum atomic E-state index is 10.2. The first-order chi connectivity index (χ1) is 11.6. The minimum atomic E-state index is -0.371. The smallest absolute Gasteiger partial charge is 0.167 e. The Labute approximate surface area is 145 Å². The molecule has 126 valence electrons. The van der Waals surface area contributed by atoms with E-state index < -0.39 is 0 Å². The Morgan fingerprint density at radius 3 is 2.58 bits per heavy atom. The van der Waals surface area contributed by atoms with Gasteiger partial charge in [0.15, 0.2) is 16.6 Å². The zero-order chi connectivity index (χ0) is 17.1. The van der Waals surface area contributed by atoms with E-state index in [2.05, 4.69) is 10.6 Å². The van der Waals surface area contributed by atoms with E-state index in [1.807, 2.05) is 24.3 Å². The molecular weight excluding hydrogens is 328 g/mol. The van der Waals surface area contributed by atoms with Gasteiger partial charge in [0.1, 0.15) is 17.6 Å². The lowest BCUT2D eigenvalue weighted by Crippen LogP contribution is -2.54. The van der Waals surface area contributed by atoms with Crippen LogP contribution in [-0.2, 0) is 0 Å². The van der Waals surface area contributed by atoms with Gasteiger partial charge in [-0.3, -0.25) is 0 Å². The van der Waals surface area contributed by atoms with Crippen molar-refractivity contribution in [1.29, 1.82) is 0 Å². The quantitative estimate of drug-likeness (QED) is 0.631. The van der Waals surface area contributed by atoms with Crippen molar-refractivity contribution >= 4 is 17.3 Å². The van der Waals surface area contributed by atoms with Crippen LogP contribution in [0.2, 0.25) is 0 Å². The van der Waals surface area contributed by atoms with E-state index in [1.165, 1.54) is 12.1 Å². The van der Waals surface area contributed by atoms with Crippen molar-refractivity contribution in [3.63, 3.8) is 0 Å². The Morgan fingerprint density at radius 1 is 1.12 bits per heavy atom. The Balaban J connectivity index is 1.91. The number of rotatable bonds is 4. The number of methoxy groups -OCH3 is 1. The molecule has 2 aromatic carbocycles. The summed E-state index contributed by atoms with van der Waals surface area (Å²) in [5, 5.41) is 26.3. The summed E-state index contributed by atoms with van der Waals surface area (Å²) < 4.78 is 11.4. The second kappa shape index (κ2) is 6.84. The number of ether oxygens (including phenoxy) is 2. The van der Waals surface area contributed by atoms with Gasteiger partial charge in [-0.1, -0.05) is 12.1 Å². The highest BCUT2D eigenvalue weighted by Gasteiger charge is 2.32. The normalized spacial score (nSPS) is 20.0. The number of hydrogen-bond donors (Lipinski definition) is 4. The summed E-state index contributed by atoms with van der Waals surface area (Å²) in [5.41, 5.74) is 0.594. The number of phenols is 2. The minimum absolute atomic E-state index is 0.00467. The zero-order valence-corrected chi connectivity index (χ0v) is 13.8. The fourth-order valence-corrected chi connectivity index (χ4v) is 2.87. The number of phenolic OH excluding ortho intramolecular Hbond substituents is 2. The Hall–Kier alpha value is -2.67. The standard InChI is InChI=1S/C17H18N2O4S/c1-22-13-4-2-3-5-14(13)23-15-9-18-17(24)19-16(15)11-7-6-10(20)8-12(11)21/h2-8,15-16,20-21H,9H2,1H3,(H2,18,19,24). The van der Waals surface area contributed by atoms with Gasteiger partial charge in [-0.2, -0.15) is 0 Å². The molecule has 6 nitrogen and oxygen atoms in total. The van der Waals surface area contributed by atoms with Gasteiger partial charge >= 0.3 is 0 Å². The number of nitrogens with one attached hydrogen (secondary N) is 2. The first kappa shape index (κ1) is 16.2. The van der Waals surface area contributed by atoms with Crippen LogP contribution >= 0.6 is 12.2 Å². The lowest BCUT2D eigenvalue weighted by molar-refractivity contribution is 0.148. The van der Waals surface area contributed by atoms with Gasteiger partial charge < -0.3 is 30.3 Å². The van der Waals surface area contributed by atoms with Gasteiger partial charge in [0.05, 0.1) is 19.7 Å². The van der Waals surface area contributed by atoms with E-state index in [-0.39, 0.29) is 23.6 Å². The molecule has 0 radical (unpaired) electrons. The van der Waals surface area contributed by atoms with Crippen molar-refractivity contribution in [1.82, 2.24) is 10.6 Å². The molecule has 2 atom stereocenters. The summed E-state index contributed by atoms with van der Waals surface area (Å²) in [4.78, 5) is 0. The van der Waals surface area contributed by atoms with Crippen molar-refractivity contribution < 1.29 is 19.7 Å². The molecule has 1 heterocycles. The second-order valence-corrected chi connectivity index (χ2v) is 5.79. The van der Waals surface area contributed by atoms with Crippen LogP contribution in [-0.4, -0.2) is 35.1 Å². The summed E-state index contributed by atoms with van der Waals surface area (Å²) in [5.74, 6) is 1.20. The molecule has 0 amide bonds. The largest absolute Gasteiger partial charge is 0.508 e. The number of para-hydroxylation sites is 2. The van der Waals surface area contributed by atoms with Gasteiger partial charge in [-0.25, -0.2) is 0 Å². The Morgan fingerprint density at radius 2 is 1.88 bits per heavy atom. The zero-order valence-electron chi connectivity index (χ0n) is 13.0.